The Hall–Kier alpha value is -3.25. The predicted octanol–water partition coefficient (Wildman–Crippen LogP) is 4.04. The van der Waals surface area contributed by atoms with Crippen molar-refractivity contribution in [3.63, 3.8) is 0 Å². The van der Waals surface area contributed by atoms with Gasteiger partial charge in [-0.2, -0.15) is 8.78 Å². The van der Waals surface area contributed by atoms with Gasteiger partial charge >= 0.3 is 13.3 Å². The van der Waals surface area contributed by atoms with E-state index in [-0.39, 0.29) is 45.4 Å². The number of amides is 3. The Labute approximate surface area is 255 Å². The molecular weight excluding hydrogens is 613 g/mol. The van der Waals surface area contributed by atoms with E-state index in [0.29, 0.717) is 30.6 Å². The second kappa shape index (κ2) is 10.1. The normalized spacial score (nSPS) is 28.7. The molecule has 3 N–H and O–H groups in total. The monoisotopic (exact) mass is 644 g/mol. The van der Waals surface area contributed by atoms with Gasteiger partial charge < -0.3 is 24.9 Å². The molecule has 2 aromatic heterocycles. The number of fused-ring (bicyclic) bond motifs is 4. The Balaban J connectivity index is 1.09. The van der Waals surface area contributed by atoms with Crippen LogP contribution >= 0.6 is 18.9 Å². The van der Waals surface area contributed by atoms with Crippen LogP contribution in [0.3, 0.4) is 0 Å². The molecule has 0 spiro atoms. The van der Waals surface area contributed by atoms with E-state index in [0.717, 1.165) is 41.9 Å². The molecule has 0 bridgehead atoms. The number of benzene rings is 1. The van der Waals surface area contributed by atoms with Crippen molar-refractivity contribution in [3.8, 4) is 0 Å². The minimum absolute atomic E-state index is 0.0582. The SMILES string of the molecule is C[C@]12CC(NC(=O)c3cc4cc(C(F)(F)P(=O)(O)O)ccc4s3)C(=O)N3[C@H](CC[C@H]3C(=O)N3CC(c4cccnc4)C3)[C@H]1C2. The summed E-state index contributed by atoms with van der Waals surface area (Å²) in [6, 6.07) is 6.96. The third-order valence-corrected chi connectivity index (χ3v) is 12.0. The fourth-order valence-corrected chi connectivity index (χ4v) is 8.78. The average molecular weight is 645 g/mol. The van der Waals surface area contributed by atoms with Crippen molar-refractivity contribution >= 4 is 46.7 Å². The molecule has 232 valence electrons. The maximum atomic E-state index is 14.3. The van der Waals surface area contributed by atoms with Gasteiger partial charge in [-0.15, -0.1) is 11.3 Å². The molecule has 3 amide bonds. The summed E-state index contributed by atoms with van der Waals surface area (Å²) >= 11 is 1.03. The Morgan fingerprint density at radius 1 is 1.16 bits per heavy atom. The molecule has 44 heavy (non-hydrogen) atoms. The van der Waals surface area contributed by atoms with Gasteiger partial charge in [-0.3, -0.25) is 23.9 Å². The number of carbonyl (C=O) groups is 3. The molecule has 4 fully saturated rings. The number of pyridine rings is 1. The molecule has 3 saturated heterocycles. The molecule has 3 aliphatic heterocycles. The summed E-state index contributed by atoms with van der Waals surface area (Å²) < 4.78 is 40.4. The summed E-state index contributed by atoms with van der Waals surface area (Å²) in [7, 11) is -5.75. The number of hydrogen-bond acceptors (Lipinski definition) is 6. The van der Waals surface area contributed by atoms with Gasteiger partial charge in [-0.05, 0) is 72.2 Å². The highest BCUT2D eigenvalue weighted by Gasteiger charge is 2.63. The molecule has 3 aromatic rings. The largest absolute Gasteiger partial charge is 0.399 e. The van der Waals surface area contributed by atoms with Gasteiger partial charge in [0, 0.05) is 47.7 Å². The van der Waals surface area contributed by atoms with Crippen LogP contribution in [0.2, 0.25) is 0 Å². The van der Waals surface area contributed by atoms with Crippen molar-refractivity contribution < 1.29 is 37.5 Å². The first kappa shape index (κ1) is 29.5. The van der Waals surface area contributed by atoms with E-state index < -0.39 is 36.8 Å². The van der Waals surface area contributed by atoms with Gasteiger partial charge in [0.05, 0.1) is 4.88 Å². The number of thiophene rings is 1. The second-order valence-corrected chi connectivity index (χ2v) is 15.5. The minimum Gasteiger partial charge on any atom is -0.340 e. The number of hydrogen-bond donors (Lipinski definition) is 3. The highest BCUT2D eigenvalue weighted by atomic mass is 32.1. The molecule has 1 unspecified atom stereocenters. The zero-order chi connectivity index (χ0) is 31.2. The van der Waals surface area contributed by atoms with Crippen molar-refractivity contribution in [2.45, 2.75) is 62.3 Å². The molecule has 4 aliphatic rings. The predicted molar refractivity (Wildman–Crippen MR) is 157 cm³/mol. The molecule has 1 aliphatic carbocycles. The number of nitrogens with zero attached hydrogens (tertiary/aromatic N) is 3. The Bertz CT molecular complexity index is 1730. The molecule has 14 heteroatoms. The van der Waals surface area contributed by atoms with E-state index in [2.05, 4.69) is 17.2 Å². The zero-order valence-electron chi connectivity index (χ0n) is 23.7. The first-order chi connectivity index (χ1) is 20.8. The molecule has 5 atom stereocenters. The molecule has 7 rings (SSSR count). The average Bonchev–Trinajstić information content (AvgIpc) is 3.28. The Kier molecular flexibility index (Phi) is 6.78. The van der Waals surface area contributed by atoms with E-state index in [1.165, 1.54) is 12.1 Å². The number of halogens is 2. The topological polar surface area (TPSA) is 140 Å². The van der Waals surface area contributed by atoms with Crippen molar-refractivity contribution in [3.05, 3.63) is 64.8 Å². The second-order valence-electron chi connectivity index (χ2n) is 12.8. The van der Waals surface area contributed by atoms with Crippen LogP contribution in [0.15, 0.2) is 48.8 Å². The smallest absolute Gasteiger partial charge is 0.340 e. The van der Waals surface area contributed by atoms with Crippen molar-refractivity contribution in [2.24, 2.45) is 11.3 Å². The molecular formula is C30H31F2N4O6PS. The van der Waals surface area contributed by atoms with Crippen molar-refractivity contribution in [1.29, 1.82) is 0 Å². The first-order valence-corrected chi connectivity index (χ1v) is 17.0. The van der Waals surface area contributed by atoms with Gasteiger partial charge in [0.1, 0.15) is 12.1 Å². The molecule has 1 saturated carbocycles. The maximum Gasteiger partial charge on any atom is 0.399 e. The Morgan fingerprint density at radius 2 is 1.93 bits per heavy atom. The fourth-order valence-electron chi connectivity index (χ4n) is 7.35. The quantitative estimate of drug-likeness (QED) is 0.344. The molecule has 0 radical (unpaired) electrons. The van der Waals surface area contributed by atoms with Crippen LogP contribution in [-0.4, -0.2) is 73.5 Å². The lowest BCUT2D eigenvalue weighted by molar-refractivity contribution is -0.149. The zero-order valence-corrected chi connectivity index (χ0v) is 25.4. The summed E-state index contributed by atoms with van der Waals surface area (Å²) in [5, 5.41) is 3.10. The number of rotatable bonds is 6. The van der Waals surface area contributed by atoms with Gasteiger partial charge in [0.25, 0.3) is 5.91 Å². The standard InChI is InChI=1S/C30H31F2N4O6PS/c1-29-11-20(29)22-5-6-23(28(39)35-14-18(15-35)16-3-2-8-33-13-16)36(22)27(38)21(12-29)34-26(37)25-10-17-9-19(4-7-24(17)44-25)30(31,32)43(40,41)42/h2-4,7-10,13,18,20-23H,5-6,11-12,14-15H2,1H3,(H,34,37)(H2,40,41,42)/t20-,21?,22-,23+,29+/m1/s1. The van der Waals surface area contributed by atoms with E-state index in [1.807, 2.05) is 18.3 Å². The van der Waals surface area contributed by atoms with Crippen molar-refractivity contribution in [2.75, 3.05) is 13.1 Å². The van der Waals surface area contributed by atoms with Crippen LogP contribution in [0.5, 0.6) is 0 Å². The van der Waals surface area contributed by atoms with Gasteiger partial charge in [0.15, 0.2) is 0 Å². The summed E-state index contributed by atoms with van der Waals surface area (Å²) in [5.41, 5.74) is -4.28. The van der Waals surface area contributed by atoms with Crippen LogP contribution < -0.4 is 5.32 Å². The fraction of sp³-hybridized carbons (Fsp3) is 0.467. The van der Waals surface area contributed by atoms with Crippen LogP contribution in [0, 0.1) is 11.3 Å². The van der Waals surface area contributed by atoms with E-state index >= 15 is 0 Å². The van der Waals surface area contributed by atoms with Gasteiger partial charge in [0.2, 0.25) is 11.8 Å². The van der Waals surface area contributed by atoms with Crippen molar-refractivity contribution in [1.82, 2.24) is 20.1 Å². The van der Waals surface area contributed by atoms with Crippen LogP contribution in [0.4, 0.5) is 8.78 Å². The minimum atomic E-state index is -5.75. The maximum absolute atomic E-state index is 14.3. The highest BCUT2D eigenvalue weighted by Crippen LogP contribution is 2.62. The highest BCUT2D eigenvalue weighted by molar-refractivity contribution is 7.52. The summed E-state index contributed by atoms with van der Waals surface area (Å²) in [5.74, 6) is -0.423. The third kappa shape index (κ3) is 4.76. The number of likely N-dealkylation sites (tertiary alicyclic amines) is 1. The lowest BCUT2D eigenvalue weighted by atomic mass is 9.91. The lowest BCUT2D eigenvalue weighted by Gasteiger charge is -2.42. The summed E-state index contributed by atoms with van der Waals surface area (Å²) in [6.45, 7) is 3.25. The van der Waals surface area contributed by atoms with Crippen LogP contribution in [-0.2, 0) is 19.8 Å². The lowest BCUT2D eigenvalue weighted by Crippen LogP contribution is -2.59. The van der Waals surface area contributed by atoms with Crippen LogP contribution in [0.1, 0.15) is 59.3 Å². The van der Waals surface area contributed by atoms with Gasteiger partial charge in [-0.25, -0.2) is 0 Å². The third-order valence-electron chi connectivity index (χ3n) is 9.93. The molecule has 5 heterocycles. The number of nitrogens with one attached hydrogen (secondary N) is 1. The van der Waals surface area contributed by atoms with Gasteiger partial charge in [-0.1, -0.05) is 19.1 Å². The van der Waals surface area contributed by atoms with Crippen LogP contribution in [0.25, 0.3) is 10.1 Å². The molecule has 1 aromatic carbocycles. The summed E-state index contributed by atoms with van der Waals surface area (Å²) in [4.78, 5) is 67.2. The number of alkyl halides is 2. The first-order valence-electron chi connectivity index (χ1n) is 14.6. The van der Waals surface area contributed by atoms with E-state index in [4.69, 9.17) is 9.79 Å². The number of carbonyl (C=O) groups excluding carboxylic acids is 3. The van der Waals surface area contributed by atoms with E-state index in [9.17, 15) is 27.7 Å². The molecule has 10 nitrogen and oxygen atoms in total. The Morgan fingerprint density at radius 3 is 2.64 bits per heavy atom. The summed E-state index contributed by atoms with van der Waals surface area (Å²) in [6.07, 6.45) is 6.18. The van der Waals surface area contributed by atoms with E-state index in [1.54, 1.807) is 16.0 Å². The number of aromatic nitrogens is 1.